The molecule has 1 aromatic rings. The summed E-state index contributed by atoms with van der Waals surface area (Å²) in [7, 11) is -3.22. The quantitative estimate of drug-likeness (QED) is 0.775. The van der Waals surface area contributed by atoms with Gasteiger partial charge in [0.2, 0.25) is 10.0 Å². The second kappa shape index (κ2) is 5.43. The van der Waals surface area contributed by atoms with Gasteiger partial charge in [-0.3, -0.25) is 0 Å². The zero-order valence-electron chi connectivity index (χ0n) is 9.72. The Kier molecular flexibility index (Phi) is 4.13. The highest BCUT2D eigenvalue weighted by atomic mass is 32.2. The predicted octanol–water partition coefficient (Wildman–Crippen LogP) is 0.875. The molecule has 0 amide bonds. The van der Waals surface area contributed by atoms with Gasteiger partial charge in [0.1, 0.15) is 5.01 Å². The number of thiazole rings is 1. The predicted molar refractivity (Wildman–Crippen MR) is 68.5 cm³/mol. The maximum atomic E-state index is 11.8. The summed E-state index contributed by atoms with van der Waals surface area (Å²) in [5, 5.41) is 5.83. The molecule has 0 aromatic carbocycles. The number of aromatic nitrogens is 1. The van der Waals surface area contributed by atoms with E-state index in [-0.39, 0.29) is 11.8 Å². The first-order chi connectivity index (χ1) is 8.07. The molecule has 0 aliphatic heterocycles. The summed E-state index contributed by atoms with van der Waals surface area (Å²) in [6.45, 7) is 2.33. The lowest BCUT2D eigenvalue weighted by molar-refractivity contribution is 0.562. The molecule has 2 rings (SSSR count). The molecule has 1 aliphatic carbocycles. The molecular formula is C10H17N3O2S2. The fourth-order valence-corrected chi connectivity index (χ4v) is 3.39. The lowest BCUT2D eigenvalue weighted by atomic mass is 10.4. The lowest BCUT2D eigenvalue weighted by Crippen LogP contribution is -2.34. The van der Waals surface area contributed by atoms with Gasteiger partial charge in [-0.05, 0) is 19.8 Å². The molecule has 0 spiro atoms. The molecule has 1 atom stereocenters. The van der Waals surface area contributed by atoms with E-state index in [4.69, 9.17) is 0 Å². The maximum Gasteiger partial charge on any atom is 0.213 e. The highest BCUT2D eigenvalue weighted by Gasteiger charge is 2.22. The summed E-state index contributed by atoms with van der Waals surface area (Å²) in [6, 6.07) is 0.294. The van der Waals surface area contributed by atoms with Gasteiger partial charge < -0.3 is 5.32 Å². The number of hydrogen-bond donors (Lipinski definition) is 2. The molecule has 17 heavy (non-hydrogen) atoms. The number of rotatable bonds is 7. The molecule has 7 heteroatoms. The zero-order valence-corrected chi connectivity index (χ0v) is 11.4. The van der Waals surface area contributed by atoms with E-state index >= 15 is 0 Å². The smallest absolute Gasteiger partial charge is 0.213 e. The number of nitrogens with one attached hydrogen (secondary N) is 2. The van der Waals surface area contributed by atoms with Gasteiger partial charge in [0, 0.05) is 24.2 Å². The van der Waals surface area contributed by atoms with Gasteiger partial charge in [-0.2, -0.15) is 0 Å². The van der Waals surface area contributed by atoms with Crippen LogP contribution in [0.3, 0.4) is 0 Å². The highest BCUT2D eigenvalue weighted by molar-refractivity contribution is 7.89. The average molecular weight is 275 g/mol. The van der Waals surface area contributed by atoms with E-state index < -0.39 is 10.0 Å². The van der Waals surface area contributed by atoms with Crippen LogP contribution in [0, 0.1) is 0 Å². The Balaban J connectivity index is 1.79. The molecule has 0 saturated heterocycles. The molecule has 1 aliphatic rings. The van der Waals surface area contributed by atoms with Crippen molar-refractivity contribution in [1.29, 1.82) is 0 Å². The molecule has 0 bridgehead atoms. The van der Waals surface area contributed by atoms with Gasteiger partial charge >= 0.3 is 0 Å². The van der Waals surface area contributed by atoms with E-state index in [9.17, 15) is 8.42 Å². The normalized spacial score (nSPS) is 18.2. The zero-order chi connectivity index (χ0) is 12.3. The van der Waals surface area contributed by atoms with Crippen LogP contribution in [-0.2, 0) is 10.0 Å². The first kappa shape index (κ1) is 12.9. The minimum absolute atomic E-state index is 0.124. The van der Waals surface area contributed by atoms with Crippen LogP contribution in [-0.4, -0.2) is 31.7 Å². The summed E-state index contributed by atoms with van der Waals surface area (Å²) in [4.78, 5) is 4.09. The van der Waals surface area contributed by atoms with Gasteiger partial charge in [0.05, 0.1) is 11.8 Å². The van der Waals surface area contributed by atoms with Crippen LogP contribution >= 0.6 is 11.3 Å². The van der Waals surface area contributed by atoms with E-state index in [1.54, 1.807) is 6.20 Å². The Hall–Kier alpha value is -0.500. The third-order valence-electron chi connectivity index (χ3n) is 2.56. The standard InChI is InChI=1S/C10H17N3O2S2/c1-8(10-12-4-6-16-10)13-17(14,15)7-5-11-9-2-3-9/h4,6,8-9,11,13H,2-3,5,7H2,1H3. The number of sulfonamides is 1. The van der Waals surface area contributed by atoms with Crippen molar-refractivity contribution in [3.8, 4) is 0 Å². The molecule has 1 unspecified atom stereocenters. The van der Waals surface area contributed by atoms with E-state index in [1.807, 2.05) is 12.3 Å². The van der Waals surface area contributed by atoms with Crippen LogP contribution in [0.15, 0.2) is 11.6 Å². The Bertz CT molecular complexity index is 440. The molecule has 0 radical (unpaired) electrons. The van der Waals surface area contributed by atoms with E-state index in [2.05, 4.69) is 15.0 Å². The van der Waals surface area contributed by atoms with E-state index in [0.717, 1.165) is 5.01 Å². The van der Waals surface area contributed by atoms with Crippen molar-refractivity contribution in [3.63, 3.8) is 0 Å². The molecule has 5 nitrogen and oxygen atoms in total. The minimum Gasteiger partial charge on any atom is -0.313 e. The molecule has 1 heterocycles. The highest BCUT2D eigenvalue weighted by Crippen LogP contribution is 2.18. The summed E-state index contributed by atoms with van der Waals surface area (Å²) < 4.78 is 26.2. The minimum atomic E-state index is -3.22. The Labute approximate surface area is 106 Å². The van der Waals surface area contributed by atoms with Crippen molar-refractivity contribution in [2.24, 2.45) is 0 Å². The monoisotopic (exact) mass is 275 g/mol. The average Bonchev–Trinajstić information content (AvgIpc) is 2.91. The third-order valence-corrected chi connectivity index (χ3v) is 4.97. The second-order valence-electron chi connectivity index (χ2n) is 4.26. The van der Waals surface area contributed by atoms with Crippen molar-refractivity contribution in [2.75, 3.05) is 12.3 Å². The van der Waals surface area contributed by atoms with Crippen LogP contribution in [0.1, 0.15) is 30.8 Å². The fourth-order valence-electron chi connectivity index (χ4n) is 1.51. The third kappa shape index (κ3) is 4.34. The van der Waals surface area contributed by atoms with Crippen molar-refractivity contribution in [1.82, 2.24) is 15.0 Å². The molecule has 96 valence electrons. The topological polar surface area (TPSA) is 71.1 Å². The van der Waals surface area contributed by atoms with Crippen LogP contribution < -0.4 is 10.0 Å². The first-order valence-corrected chi connectivity index (χ1v) is 8.23. The van der Waals surface area contributed by atoms with Crippen molar-refractivity contribution < 1.29 is 8.42 Å². The lowest BCUT2D eigenvalue weighted by Gasteiger charge is -2.12. The maximum absolute atomic E-state index is 11.8. The SMILES string of the molecule is CC(NS(=O)(=O)CCNC1CC1)c1nccs1. The summed E-state index contributed by atoms with van der Waals surface area (Å²) in [6.07, 6.45) is 4.02. The Morgan fingerprint density at radius 3 is 2.94 bits per heavy atom. The molecule has 1 aromatic heterocycles. The number of nitrogens with zero attached hydrogens (tertiary/aromatic N) is 1. The Morgan fingerprint density at radius 2 is 2.35 bits per heavy atom. The Morgan fingerprint density at radius 1 is 1.59 bits per heavy atom. The van der Waals surface area contributed by atoms with Gasteiger partial charge in [-0.15, -0.1) is 11.3 Å². The largest absolute Gasteiger partial charge is 0.313 e. The van der Waals surface area contributed by atoms with Gasteiger partial charge in [-0.1, -0.05) is 0 Å². The van der Waals surface area contributed by atoms with Crippen LogP contribution in [0.4, 0.5) is 0 Å². The van der Waals surface area contributed by atoms with Gasteiger partial charge in [0.25, 0.3) is 0 Å². The van der Waals surface area contributed by atoms with Crippen molar-refractivity contribution in [2.45, 2.75) is 31.8 Å². The second-order valence-corrected chi connectivity index (χ2v) is 7.06. The van der Waals surface area contributed by atoms with Crippen molar-refractivity contribution in [3.05, 3.63) is 16.6 Å². The van der Waals surface area contributed by atoms with Crippen LogP contribution in [0.5, 0.6) is 0 Å². The summed E-state index contributed by atoms with van der Waals surface area (Å²) in [5.74, 6) is 0.124. The van der Waals surface area contributed by atoms with Crippen LogP contribution in [0.2, 0.25) is 0 Å². The van der Waals surface area contributed by atoms with Crippen LogP contribution in [0.25, 0.3) is 0 Å². The fraction of sp³-hybridized carbons (Fsp3) is 0.700. The summed E-state index contributed by atoms with van der Waals surface area (Å²) in [5.41, 5.74) is 0. The van der Waals surface area contributed by atoms with Gasteiger partial charge in [0.15, 0.2) is 0 Å². The van der Waals surface area contributed by atoms with E-state index in [1.165, 1.54) is 24.2 Å². The molecule has 1 fully saturated rings. The van der Waals surface area contributed by atoms with Crippen molar-refractivity contribution >= 4 is 21.4 Å². The molecule has 2 N–H and O–H groups in total. The molecule has 1 saturated carbocycles. The number of hydrogen-bond acceptors (Lipinski definition) is 5. The summed E-state index contributed by atoms with van der Waals surface area (Å²) >= 11 is 1.46. The first-order valence-electron chi connectivity index (χ1n) is 5.69. The van der Waals surface area contributed by atoms with Gasteiger partial charge in [-0.25, -0.2) is 18.1 Å². The molecular weight excluding hydrogens is 258 g/mol. The van der Waals surface area contributed by atoms with E-state index in [0.29, 0.717) is 12.6 Å².